The largest absolute Gasteiger partial charge is 0.444 e. The average molecular weight is 277 g/mol. The number of rotatable bonds is 6. The second-order valence-corrected chi connectivity index (χ2v) is 3.54. The first-order valence-corrected chi connectivity index (χ1v) is 5.34. The van der Waals surface area contributed by atoms with Crippen molar-refractivity contribution in [1.29, 1.82) is 0 Å². The highest BCUT2D eigenvalue weighted by atomic mass is 79.9. The molecule has 0 aromatic carbocycles. The fraction of sp³-hybridized carbons (Fsp3) is 0.444. The van der Waals surface area contributed by atoms with Crippen LogP contribution in [0.15, 0.2) is 21.2 Å². The molecule has 0 fully saturated rings. The lowest BCUT2D eigenvalue weighted by Crippen LogP contribution is -2.27. The molecule has 1 amide bonds. The third kappa shape index (κ3) is 4.46. The summed E-state index contributed by atoms with van der Waals surface area (Å²) in [5.41, 5.74) is 5.23. The lowest BCUT2D eigenvalue weighted by molar-refractivity contribution is 0.0892. The van der Waals surface area contributed by atoms with Crippen LogP contribution in [0.1, 0.15) is 10.6 Å². The molecular weight excluding hydrogens is 264 g/mol. The van der Waals surface area contributed by atoms with Crippen molar-refractivity contribution in [1.82, 2.24) is 5.32 Å². The maximum atomic E-state index is 11.4. The molecule has 5 nitrogen and oxygen atoms in total. The van der Waals surface area contributed by atoms with Crippen LogP contribution in [0, 0.1) is 0 Å². The molecule has 0 bridgehead atoms. The van der Waals surface area contributed by atoms with E-state index < -0.39 is 0 Å². The molecule has 3 N–H and O–H groups in total. The standard InChI is InChI=1S/C9H13BrN2O3/c10-8-2-1-7(15-8)9(13)12-4-6-14-5-3-11/h1-2H,3-6,11H2,(H,12,13). The first-order valence-electron chi connectivity index (χ1n) is 4.55. The van der Waals surface area contributed by atoms with Gasteiger partial charge in [0.2, 0.25) is 0 Å². The van der Waals surface area contributed by atoms with Gasteiger partial charge in [0.1, 0.15) is 0 Å². The van der Waals surface area contributed by atoms with Gasteiger partial charge in [0.05, 0.1) is 13.2 Å². The van der Waals surface area contributed by atoms with E-state index in [4.69, 9.17) is 14.9 Å². The molecule has 1 aromatic heterocycles. The molecule has 0 atom stereocenters. The van der Waals surface area contributed by atoms with Gasteiger partial charge < -0.3 is 20.2 Å². The van der Waals surface area contributed by atoms with E-state index in [1.54, 1.807) is 12.1 Å². The fourth-order valence-corrected chi connectivity index (χ4v) is 1.25. The average Bonchev–Trinajstić information content (AvgIpc) is 2.64. The Kier molecular flexibility index (Phi) is 5.38. The minimum atomic E-state index is -0.253. The van der Waals surface area contributed by atoms with Crippen molar-refractivity contribution < 1.29 is 13.9 Å². The minimum absolute atomic E-state index is 0.253. The zero-order valence-electron chi connectivity index (χ0n) is 8.16. The van der Waals surface area contributed by atoms with E-state index in [0.29, 0.717) is 31.0 Å². The zero-order valence-corrected chi connectivity index (χ0v) is 9.75. The van der Waals surface area contributed by atoms with Gasteiger partial charge in [-0.1, -0.05) is 0 Å². The van der Waals surface area contributed by atoms with Gasteiger partial charge in [-0.05, 0) is 28.1 Å². The van der Waals surface area contributed by atoms with Crippen LogP contribution >= 0.6 is 15.9 Å². The molecule has 1 heterocycles. The zero-order chi connectivity index (χ0) is 11.1. The lowest BCUT2D eigenvalue weighted by atomic mass is 10.4. The molecule has 0 unspecified atom stereocenters. The molecule has 0 saturated heterocycles. The number of furan rings is 1. The number of hydrogen-bond donors (Lipinski definition) is 2. The number of nitrogens with one attached hydrogen (secondary N) is 1. The van der Waals surface area contributed by atoms with Crippen molar-refractivity contribution in [3.05, 3.63) is 22.6 Å². The van der Waals surface area contributed by atoms with Gasteiger partial charge in [0.15, 0.2) is 10.4 Å². The maximum absolute atomic E-state index is 11.4. The Bertz CT molecular complexity index is 314. The third-order valence-corrected chi connectivity index (χ3v) is 2.02. The summed E-state index contributed by atoms with van der Waals surface area (Å²) in [6, 6.07) is 3.26. The molecule has 6 heteroatoms. The molecule has 84 valence electrons. The first kappa shape index (κ1) is 12.2. The monoisotopic (exact) mass is 276 g/mol. The van der Waals surface area contributed by atoms with Crippen molar-refractivity contribution in [3.8, 4) is 0 Å². The number of ether oxygens (including phenoxy) is 1. The van der Waals surface area contributed by atoms with Crippen LogP contribution in [0.3, 0.4) is 0 Å². The van der Waals surface area contributed by atoms with E-state index in [0.717, 1.165) is 0 Å². The summed E-state index contributed by atoms with van der Waals surface area (Å²) in [5.74, 6) is 0.0257. The topological polar surface area (TPSA) is 77.5 Å². The van der Waals surface area contributed by atoms with Crippen LogP contribution in [-0.4, -0.2) is 32.2 Å². The van der Waals surface area contributed by atoms with Crippen LogP contribution in [0.25, 0.3) is 0 Å². The Labute approximate surface area is 96.1 Å². The molecule has 0 aliphatic carbocycles. The van der Waals surface area contributed by atoms with Gasteiger partial charge in [-0.15, -0.1) is 0 Å². The number of amides is 1. The van der Waals surface area contributed by atoms with E-state index in [2.05, 4.69) is 21.2 Å². The van der Waals surface area contributed by atoms with Gasteiger partial charge in [-0.2, -0.15) is 0 Å². The smallest absolute Gasteiger partial charge is 0.287 e. The number of carbonyl (C=O) groups excluding carboxylic acids is 1. The van der Waals surface area contributed by atoms with Crippen LogP contribution in [0.4, 0.5) is 0 Å². The Morgan fingerprint density at radius 1 is 1.53 bits per heavy atom. The van der Waals surface area contributed by atoms with E-state index >= 15 is 0 Å². The highest BCUT2D eigenvalue weighted by molar-refractivity contribution is 9.10. The van der Waals surface area contributed by atoms with Gasteiger partial charge >= 0.3 is 0 Å². The fourth-order valence-electron chi connectivity index (χ4n) is 0.946. The normalized spacial score (nSPS) is 10.3. The Balaban J connectivity index is 2.19. The molecule has 0 aliphatic heterocycles. The Hall–Kier alpha value is -0.850. The second-order valence-electron chi connectivity index (χ2n) is 2.76. The molecule has 0 radical (unpaired) electrons. The van der Waals surface area contributed by atoms with Gasteiger partial charge in [0.25, 0.3) is 5.91 Å². The number of carbonyl (C=O) groups is 1. The SMILES string of the molecule is NCCOCCNC(=O)c1ccc(Br)o1. The molecular formula is C9H13BrN2O3. The highest BCUT2D eigenvalue weighted by Crippen LogP contribution is 2.13. The minimum Gasteiger partial charge on any atom is -0.444 e. The molecule has 1 aromatic rings. The van der Waals surface area contributed by atoms with Crippen molar-refractivity contribution >= 4 is 21.8 Å². The van der Waals surface area contributed by atoms with Gasteiger partial charge in [0, 0.05) is 13.1 Å². The molecule has 0 saturated carbocycles. The van der Waals surface area contributed by atoms with E-state index in [1.807, 2.05) is 0 Å². The third-order valence-electron chi connectivity index (χ3n) is 1.59. The van der Waals surface area contributed by atoms with Crippen LogP contribution in [0.2, 0.25) is 0 Å². The Morgan fingerprint density at radius 2 is 2.33 bits per heavy atom. The van der Waals surface area contributed by atoms with Crippen molar-refractivity contribution in [2.75, 3.05) is 26.3 Å². The predicted molar refractivity (Wildman–Crippen MR) is 58.6 cm³/mol. The summed E-state index contributed by atoms with van der Waals surface area (Å²) in [5, 5.41) is 2.65. The van der Waals surface area contributed by atoms with Crippen molar-refractivity contribution in [3.63, 3.8) is 0 Å². The second kappa shape index (κ2) is 6.60. The van der Waals surface area contributed by atoms with E-state index in [-0.39, 0.29) is 11.7 Å². The number of hydrogen-bond acceptors (Lipinski definition) is 4. The number of halogens is 1. The summed E-state index contributed by atoms with van der Waals surface area (Å²) < 4.78 is 10.7. The quantitative estimate of drug-likeness (QED) is 0.752. The summed E-state index contributed by atoms with van der Waals surface area (Å²) in [7, 11) is 0. The number of nitrogens with two attached hydrogens (primary N) is 1. The summed E-state index contributed by atoms with van der Waals surface area (Å²) >= 11 is 3.12. The summed E-state index contributed by atoms with van der Waals surface area (Å²) in [6.07, 6.45) is 0. The molecule has 15 heavy (non-hydrogen) atoms. The highest BCUT2D eigenvalue weighted by Gasteiger charge is 2.08. The maximum Gasteiger partial charge on any atom is 0.287 e. The van der Waals surface area contributed by atoms with Crippen LogP contribution in [0.5, 0.6) is 0 Å². The van der Waals surface area contributed by atoms with Crippen LogP contribution in [-0.2, 0) is 4.74 Å². The lowest BCUT2D eigenvalue weighted by Gasteiger charge is -2.03. The van der Waals surface area contributed by atoms with Crippen molar-refractivity contribution in [2.45, 2.75) is 0 Å². The Morgan fingerprint density at radius 3 is 2.93 bits per heavy atom. The predicted octanol–water partition coefficient (Wildman–Crippen LogP) is 0.747. The summed E-state index contributed by atoms with van der Waals surface area (Å²) in [4.78, 5) is 11.4. The summed E-state index contributed by atoms with van der Waals surface area (Å²) in [6.45, 7) is 1.88. The van der Waals surface area contributed by atoms with E-state index in [1.165, 1.54) is 0 Å². The van der Waals surface area contributed by atoms with E-state index in [9.17, 15) is 4.79 Å². The molecule has 0 spiro atoms. The van der Waals surface area contributed by atoms with Gasteiger partial charge in [-0.3, -0.25) is 4.79 Å². The molecule has 0 aliphatic rings. The van der Waals surface area contributed by atoms with Crippen molar-refractivity contribution in [2.24, 2.45) is 5.73 Å². The van der Waals surface area contributed by atoms with Crippen LogP contribution < -0.4 is 11.1 Å². The van der Waals surface area contributed by atoms with Gasteiger partial charge in [-0.25, -0.2) is 0 Å². The molecule has 1 rings (SSSR count). The first-order chi connectivity index (χ1) is 7.24.